The fraction of sp³-hybridized carbons (Fsp3) is 0.731. The molecule has 32 heavy (non-hydrogen) atoms. The summed E-state index contributed by atoms with van der Waals surface area (Å²) in [5.74, 6) is 1.45. The first-order valence-corrected chi connectivity index (χ1v) is 13.5. The lowest BCUT2D eigenvalue weighted by molar-refractivity contribution is -0.0510. The summed E-state index contributed by atoms with van der Waals surface area (Å²) in [6.07, 6.45) is 11.7. The molecule has 0 amide bonds. The van der Waals surface area contributed by atoms with E-state index in [1.807, 2.05) is 17.5 Å². The molecule has 1 aliphatic heterocycles. The minimum atomic E-state index is -0.220. The van der Waals surface area contributed by atoms with Gasteiger partial charge >= 0.3 is 0 Å². The van der Waals surface area contributed by atoms with Gasteiger partial charge in [-0.1, -0.05) is 13.8 Å². The van der Waals surface area contributed by atoms with Crippen molar-refractivity contribution in [3.63, 3.8) is 0 Å². The molecule has 6 heteroatoms. The predicted molar refractivity (Wildman–Crippen MR) is 130 cm³/mol. The summed E-state index contributed by atoms with van der Waals surface area (Å²) >= 11 is 1.83. The van der Waals surface area contributed by atoms with Crippen molar-refractivity contribution in [3.05, 3.63) is 22.7 Å². The van der Waals surface area contributed by atoms with E-state index in [0.717, 1.165) is 75.4 Å². The zero-order valence-electron chi connectivity index (χ0n) is 19.6. The monoisotopic (exact) mass is 458 g/mol. The molecule has 1 saturated heterocycles. The first-order valence-electron chi connectivity index (χ1n) is 12.7. The molecule has 2 fully saturated rings. The third-order valence-corrected chi connectivity index (χ3v) is 9.49. The molecule has 2 atom stereocenters. The van der Waals surface area contributed by atoms with E-state index in [1.54, 1.807) is 0 Å². The average molecular weight is 459 g/mol. The van der Waals surface area contributed by atoms with Crippen LogP contribution in [0.25, 0.3) is 10.2 Å². The van der Waals surface area contributed by atoms with Crippen molar-refractivity contribution in [2.45, 2.75) is 95.3 Å². The van der Waals surface area contributed by atoms with Crippen molar-refractivity contribution in [2.75, 3.05) is 26.3 Å². The third-order valence-electron chi connectivity index (χ3n) is 8.32. The van der Waals surface area contributed by atoms with E-state index in [0.29, 0.717) is 11.5 Å². The minimum absolute atomic E-state index is 0.220. The van der Waals surface area contributed by atoms with Crippen molar-refractivity contribution < 1.29 is 14.6 Å². The number of fused-ring (bicyclic) bond motifs is 3. The van der Waals surface area contributed by atoms with Crippen molar-refractivity contribution in [1.29, 1.82) is 0 Å². The number of pyridine rings is 1. The van der Waals surface area contributed by atoms with E-state index in [1.165, 1.54) is 35.1 Å². The van der Waals surface area contributed by atoms with Gasteiger partial charge in [-0.3, -0.25) is 4.90 Å². The molecule has 2 aromatic heterocycles. The summed E-state index contributed by atoms with van der Waals surface area (Å²) < 4.78 is 12.3. The highest BCUT2D eigenvalue weighted by molar-refractivity contribution is 7.19. The summed E-state index contributed by atoms with van der Waals surface area (Å²) in [4.78, 5) is 9.94. The Morgan fingerprint density at radius 1 is 1.25 bits per heavy atom. The maximum atomic E-state index is 10.3. The standard InChI is InChI=1S/C26H38N2O3S/c1-3-19(29)17-18-5-6-22-23(18)24-21(9-12-27-25(24)32-22)31-20-7-10-26(4-2,11-8-20)28-13-15-30-16-14-28/h9,12,18-20,29H,3-8,10-11,13-17H2,1-2H3/t18-,19-,20?,26?/m1/s1. The molecule has 0 unspecified atom stereocenters. The number of ether oxygens (including phenoxy) is 2. The van der Waals surface area contributed by atoms with Crippen LogP contribution >= 0.6 is 11.3 Å². The summed E-state index contributed by atoms with van der Waals surface area (Å²) in [5, 5.41) is 11.5. The van der Waals surface area contributed by atoms with Gasteiger partial charge in [-0.2, -0.15) is 0 Å². The number of hydrogen-bond acceptors (Lipinski definition) is 6. The van der Waals surface area contributed by atoms with Gasteiger partial charge in [0, 0.05) is 29.7 Å². The number of aliphatic hydroxyl groups excluding tert-OH is 1. The largest absolute Gasteiger partial charge is 0.490 e. The number of aromatic nitrogens is 1. The van der Waals surface area contributed by atoms with Gasteiger partial charge in [-0.15, -0.1) is 11.3 Å². The highest BCUT2D eigenvalue weighted by Gasteiger charge is 2.40. The normalized spacial score (nSPS) is 29.8. The molecule has 2 aliphatic carbocycles. The lowest BCUT2D eigenvalue weighted by Gasteiger charge is -2.49. The van der Waals surface area contributed by atoms with E-state index in [4.69, 9.17) is 9.47 Å². The summed E-state index contributed by atoms with van der Waals surface area (Å²) in [7, 11) is 0. The van der Waals surface area contributed by atoms with Crippen molar-refractivity contribution in [3.8, 4) is 5.75 Å². The van der Waals surface area contributed by atoms with Crippen LogP contribution in [0.5, 0.6) is 5.75 Å². The average Bonchev–Trinajstić information content (AvgIpc) is 3.40. The van der Waals surface area contributed by atoms with E-state index >= 15 is 0 Å². The van der Waals surface area contributed by atoms with Gasteiger partial charge in [-0.25, -0.2) is 4.98 Å². The van der Waals surface area contributed by atoms with Gasteiger partial charge in [0.1, 0.15) is 10.6 Å². The first-order chi connectivity index (χ1) is 15.6. The van der Waals surface area contributed by atoms with Gasteiger partial charge in [0.05, 0.1) is 30.8 Å². The molecule has 0 spiro atoms. The Balaban J connectivity index is 1.33. The topological polar surface area (TPSA) is 54.8 Å². The second-order valence-corrected chi connectivity index (χ2v) is 11.0. The molecule has 0 bridgehead atoms. The fourth-order valence-electron chi connectivity index (χ4n) is 6.32. The highest BCUT2D eigenvalue weighted by Crippen LogP contribution is 2.49. The lowest BCUT2D eigenvalue weighted by atomic mass is 9.77. The van der Waals surface area contributed by atoms with E-state index in [2.05, 4.69) is 29.8 Å². The van der Waals surface area contributed by atoms with E-state index in [-0.39, 0.29) is 12.2 Å². The lowest BCUT2D eigenvalue weighted by Crippen LogP contribution is -2.55. The zero-order valence-corrected chi connectivity index (χ0v) is 20.5. The van der Waals surface area contributed by atoms with Crippen molar-refractivity contribution in [2.24, 2.45) is 0 Å². The fourth-order valence-corrected chi connectivity index (χ4v) is 7.57. The van der Waals surface area contributed by atoms with E-state index in [9.17, 15) is 5.11 Å². The van der Waals surface area contributed by atoms with Gasteiger partial charge in [0.25, 0.3) is 0 Å². The molecule has 176 valence electrons. The Morgan fingerprint density at radius 2 is 2.03 bits per heavy atom. The van der Waals surface area contributed by atoms with Crippen LogP contribution in [0.4, 0.5) is 0 Å². The molecule has 5 nitrogen and oxygen atoms in total. The van der Waals surface area contributed by atoms with Crippen LogP contribution in [0, 0.1) is 0 Å². The first kappa shape index (κ1) is 22.6. The van der Waals surface area contributed by atoms with Crippen LogP contribution in [0.3, 0.4) is 0 Å². The molecule has 3 aliphatic rings. The number of nitrogens with zero attached hydrogens (tertiary/aromatic N) is 2. The number of aryl methyl sites for hydroxylation is 1. The molecule has 2 aromatic rings. The number of thiophene rings is 1. The van der Waals surface area contributed by atoms with Gasteiger partial charge in [0.2, 0.25) is 0 Å². The molecule has 1 saturated carbocycles. The Bertz CT molecular complexity index is 915. The van der Waals surface area contributed by atoms with Gasteiger partial charge in [-0.05, 0) is 75.3 Å². The smallest absolute Gasteiger partial charge is 0.131 e. The Morgan fingerprint density at radius 3 is 2.75 bits per heavy atom. The maximum Gasteiger partial charge on any atom is 0.131 e. The number of aliphatic hydroxyl groups is 1. The second kappa shape index (κ2) is 9.57. The van der Waals surface area contributed by atoms with Crippen LogP contribution in [-0.2, 0) is 11.2 Å². The van der Waals surface area contributed by atoms with Crippen LogP contribution in [0.2, 0.25) is 0 Å². The number of morpholine rings is 1. The molecular formula is C26H38N2O3S. The highest BCUT2D eigenvalue weighted by atomic mass is 32.1. The molecule has 0 radical (unpaired) electrons. The molecule has 0 aromatic carbocycles. The number of rotatable bonds is 7. The summed E-state index contributed by atoms with van der Waals surface area (Å²) in [6, 6.07) is 2.07. The summed E-state index contributed by atoms with van der Waals surface area (Å²) in [6.45, 7) is 8.29. The van der Waals surface area contributed by atoms with Gasteiger partial charge < -0.3 is 14.6 Å². The SMILES string of the molecule is CC[C@@H](O)C[C@H]1CCc2sc3nccc(OC4CCC(CC)(N5CCOCC5)CC4)c3c21. The van der Waals surface area contributed by atoms with Crippen molar-refractivity contribution >= 4 is 21.6 Å². The maximum absolute atomic E-state index is 10.3. The number of hydrogen-bond donors (Lipinski definition) is 1. The van der Waals surface area contributed by atoms with Crippen LogP contribution < -0.4 is 4.74 Å². The molecular weight excluding hydrogens is 420 g/mol. The van der Waals surface area contributed by atoms with Crippen LogP contribution in [0.1, 0.15) is 81.6 Å². The molecule has 5 rings (SSSR count). The third kappa shape index (κ3) is 4.20. The Kier molecular flexibility index (Phi) is 6.75. The van der Waals surface area contributed by atoms with Crippen molar-refractivity contribution in [1.82, 2.24) is 9.88 Å². The van der Waals surface area contributed by atoms with Crippen LogP contribution in [-0.4, -0.2) is 59.0 Å². The predicted octanol–water partition coefficient (Wildman–Crippen LogP) is 5.29. The van der Waals surface area contributed by atoms with Gasteiger partial charge in [0.15, 0.2) is 0 Å². The molecule has 3 heterocycles. The van der Waals surface area contributed by atoms with E-state index < -0.39 is 0 Å². The summed E-state index contributed by atoms with van der Waals surface area (Å²) in [5.41, 5.74) is 1.75. The van der Waals surface area contributed by atoms with Crippen LogP contribution in [0.15, 0.2) is 12.3 Å². The second-order valence-electron chi connectivity index (χ2n) is 9.96. The minimum Gasteiger partial charge on any atom is -0.490 e. The quantitative estimate of drug-likeness (QED) is 0.611. The molecule has 1 N–H and O–H groups in total. The Labute approximate surface area is 196 Å². The zero-order chi connectivity index (χ0) is 22.1. The Hall–Kier alpha value is -1.21.